The molecule has 0 amide bonds. The minimum atomic E-state index is -4.94. The van der Waals surface area contributed by atoms with E-state index in [9.17, 15) is 0 Å². The van der Waals surface area contributed by atoms with Crippen molar-refractivity contribution in [3.63, 3.8) is 0 Å². The molecule has 0 saturated heterocycles. The number of hydrogen-bond acceptors (Lipinski definition) is 16. The fourth-order valence-electron chi connectivity index (χ4n) is 0. The van der Waals surface area contributed by atoms with Gasteiger partial charge in [0.15, 0.2) is 0 Å². The van der Waals surface area contributed by atoms with Gasteiger partial charge in [-0.2, -0.15) is 0 Å². The van der Waals surface area contributed by atoms with Crippen molar-refractivity contribution in [2.75, 3.05) is 0 Å². The molecule has 0 aromatic rings. The molecule has 0 rings (SSSR count). The quantitative estimate of drug-likeness (QED) is 0.256. The van der Waals surface area contributed by atoms with Gasteiger partial charge < -0.3 is 0 Å². The molecule has 0 aromatic heterocycles. The summed E-state index contributed by atoms with van der Waals surface area (Å²) < 4.78 is 136. The van der Waals surface area contributed by atoms with Gasteiger partial charge in [0.1, 0.15) is 0 Å². The summed E-state index contributed by atoms with van der Waals surface area (Å²) >= 11 is 0. The maximum atomic E-state index is 8.49. The van der Waals surface area contributed by atoms with Gasteiger partial charge in [0.2, 0.25) is 0 Å². The molecule has 21 heteroatoms. The van der Waals surface area contributed by atoms with Crippen LogP contribution in [0, 0.1) is 41.0 Å². The molecule has 0 radical (unpaired) electrons. The minimum absolute atomic E-state index is 0. The van der Waals surface area contributed by atoms with E-state index in [4.69, 9.17) is 74.5 Å². The normalized spacial score (nSPS) is 11.4. The van der Waals surface area contributed by atoms with Crippen LogP contribution in [0.1, 0.15) is 0 Å². The number of rotatable bonds is 0. The van der Waals surface area contributed by atoms with Gasteiger partial charge >= 0.3 is 0 Å². The zero-order valence-corrected chi connectivity index (χ0v) is 14.4. The molecule has 0 unspecified atom stereocenters. The van der Waals surface area contributed by atoms with Crippen molar-refractivity contribution in [3.8, 4) is 0 Å². The van der Waals surface area contributed by atoms with Crippen molar-refractivity contribution in [1.29, 1.82) is 0 Å². The Morgan fingerprint density at radius 2 is 0.238 bits per heavy atom. The summed E-state index contributed by atoms with van der Waals surface area (Å²) in [6, 6.07) is 0. The molecule has 0 aliphatic carbocycles. The first-order valence-corrected chi connectivity index (χ1v) is 7.41. The summed E-state index contributed by atoms with van der Waals surface area (Å²) in [5.74, 6) is 0. The molecule has 0 saturated carbocycles. The third kappa shape index (κ3) is 5360. The van der Waals surface area contributed by atoms with Crippen molar-refractivity contribution < 1.29 is 137 Å². The molecule has 0 heterocycles. The first-order valence-electron chi connectivity index (χ1n) is 2.47. The Kier molecular flexibility index (Phi) is 21.9. The van der Waals surface area contributed by atoms with E-state index in [-0.39, 0.29) is 21.1 Å². The Balaban J connectivity index is -0.0000000533. The van der Waals surface area contributed by atoms with Crippen molar-refractivity contribution in [1.82, 2.24) is 0 Å². The van der Waals surface area contributed by atoms with Crippen LogP contribution in [-0.2, 0) is 21.1 Å². The molecule has 0 aliphatic rings. The average Bonchev–Trinajstić information content (AvgIpc) is 1.62. The molecule has 0 atom stereocenters. The van der Waals surface area contributed by atoms with Gasteiger partial charge in [-0.15, -0.1) is 41.0 Å². The third-order valence-corrected chi connectivity index (χ3v) is 0. The van der Waals surface area contributed by atoms with Gasteiger partial charge in [-0.3, -0.25) is 0 Å². The summed E-state index contributed by atoms with van der Waals surface area (Å²) in [4.78, 5) is 0. The van der Waals surface area contributed by atoms with E-state index >= 15 is 0 Å². The predicted molar refractivity (Wildman–Crippen MR) is 0 cm³/mol. The van der Waals surface area contributed by atoms with Crippen molar-refractivity contribution >= 4 is 0 Å². The second kappa shape index (κ2) is 13.6. The zero-order valence-electron chi connectivity index (χ0n) is 8.45. The van der Waals surface area contributed by atoms with E-state index in [0.717, 1.165) is 0 Å². The van der Waals surface area contributed by atoms with Crippen LogP contribution in [0.5, 0.6) is 0 Å². The van der Waals surface area contributed by atoms with Gasteiger partial charge in [0, 0.05) is 21.1 Å². The Labute approximate surface area is 136 Å². The van der Waals surface area contributed by atoms with Gasteiger partial charge in [0.05, 0.1) is 0 Å². The van der Waals surface area contributed by atoms with Crippen LogP contribution >= 0.6 is 0 Å². The fraction of sp³-hybridized carbons (Fsp3) is 0. The van der Waals surface area contributed by atoms with Crippen molar-refractivity contribution in [2.45, 2.75) is 0 Å². The van der Waals surface area contributed by atoms with Crippen LogP contribution in [0.15, 0.2) is 0 Å². The van der Waals surface area contributed by atoms with Gasteiger partial charge in [-0.05, 0) is 0 Å². The standard InChI is InChI=1S/4ClHO4.W/c4*2-1(3,4)5;/h4*(H,2,3,4,5);/p-4. The molecule has 134 valence electrons. The second-order valence-corrected chi connectivity index (χ2v) is 4.54. The van der Waals surface area contributed by atoms with E-state index in [0.29, 0.717) is 0 Å². The smallest absolute Gasteiger partial charge is 0 e. The van der Waals surface area contributed by atoms with E-state index in [2.05, 4.69) is 0 Å². The zero-order chi connectivity index (χ0) is 18.0. The molecule has 0 fully saturated rings. The predicted octanol–water partition coefficient (Wildman–Crippen LogP) is -19.0. The van der Waals surface area contributed by atoms with Crippen LogP contribution in [0.25, 0.3) is 0 Å². The van der Waals surface area contributed by atoms with Gasteiger partial charge in [-0.25, -0.2) is 74.5 Å². The van der Waals surface area contributed by atoms with Crippen LogP contribution in [-0.4, -0.2) is 0 Å². The number of hydrogen-bond donors (Lipinski definition) is 0. The van der Waals surface area contributed by atoms with E-state index < -0.39 is 41.0 Å². The van der Waals surface area contributed by atoms with Crippen LogP contribution in [0.3, 0.4) is 0 Å². The monoisotopic (exact) mass is 580 g/mol. The van der Waals surface area contributed by atoms with Crippen molar-refractivity contribution in [3.05, 3.63) is 0 Å². The molecule has 0 N–H and O–H groups in total. The SMILES string of the molecule is [O-][Cl+3]([O-])([O-])[O-].[O-][Cl+3]([O-])([O-])[O-].[O-][Cl+3]([O-])([O-])[O-].[O-][Cl+3]([O-])([O-])[O-].[W]. The van der Waals surface area contributed by atoms with Crippen LogP contribution in [0.2, 0.25) is 0 Å². The first-order chi connectivity index (χ1) is 8.00. The maximum absolute atomic E-state index is 8.49. The Hall–Kier alpha value is 1.21. The van der Waals surface area contributed by atoms with Crippen molar-refractivity contribution in [2.24, 2.45) is 0 Å². The van der Waals surface area contributed by atoms with E-state index in [1.165, 1.54) is 0 Å². The van der Waals surface area contributed by atoms with Crippen LogP contribution < -0.4 is 74.5 Å². The molecular weight excluding hydrogens is 582 g/mol. The molecule has 16 nitrogen and oxygen atoms in total. The largest absolute Gasteiger partial charge is 0.222 e. The van der Waals surface area contributed by atoms with Crippen LogP contribution in [0.4, 0.5) is 0 Å². The molecule has 0 aliphatic heterocycles. The van der Waals surface area contributed by atoms with E-state index in [1.807, 2.05) is 0 Å². The summed E-state index contributed by atoms with van der Waals surface area (Å²) in [5.41, 5.74) is 0. The van der Waals surface area contributed by atoms with Gasteiger partial charge in [-0.1, -0.05) is 0 Å². The molecule has 21 heavy (non-hydrogen) atoms. The molecule has 0 bridgehead atoms. The third-order valence-electron chi connectivity index (χ3n) is 0. The molecule has 0 aromatic carbocycles. The summed E-state index contributed by atoms with van der Waals surface area (Å²) in [6.45, 7) is 0. The average molecular weight is 582 g/mol. The van der Waals surface area contributed by atoms with Gasteiger partial charge in [0.25, 0.3) is 0 Å². The summed E-state index contributed by atoms with van der Waals surface area (Å²) in [6.07, 6.45) is 0. The molecular formula is Cl4O16W-4. The topological polar surface area (TPSA) is 369 Å². The Bertz CT molecular complexity index is 130. The Morgan fingerprint density at radius 1 is 0.238 bits per heavy atom. The maximum Gasteiger partial charge on any atom is 0 e. The summed E-state index contributed by atoms with van der Waals surface area (Å²) in [5, 5.41) is 0. The fourth-order valence-corrected chi connectivity index (χ4v) is 0. The number of halogens is 4. The minimum Gasteiger partial charge on any atom is -0.222 e. The second-order valence-electron chi connectivity index (χ2n) is 1.51. The first kappa shape index (κ1) is 33.7. The van der Waals surface area contributed by atoms with E-state index in [1.54, 1.807) is 0 Å². The Morgan fingerprint density at radius 3 is 0.238 bits per heavy atom. The summed E-state index contributed by atoms with van der Waals surface area (Å²) in [7, 11) is -19.8. The molecule has 0 spiro atoms.